The van der Waals surface area contributed by atoms with Crippen molar-refractivity contribution >= 4 is 33.8 Å². The molecule has 4 nitrogen and oxygen atoms in total. The Kier molecular flexibility index (Phi) is 6.98. The fraction of sp³-hybridized carbons (Fsp3) is 0.100. The van der Waals surface area contributed by atoms with Gasteiger partial charge in [-0.15, -0.1) is 0 Å². The van der Waals surface area contributed by atoms with Crippen LogP contribution in [0.1, 0.15) is 21.7 Å². The maximum Gasteiger partial charge on any atom is 0.307 e. The summed E-state index contributed by atoms with van der Waals surface area (Å²) in [6.07, 6.45) is 1.47. The molecule has 0 saturated heterocycles. The van der Waals surface area contributed by atoms with E-state index in [0.717, 1.165) is 15.9 Å². The van der Waals surface area contributed by atoms with Crippen molar-refractivity contribution in [2.24, 2.45) is 5.10 Å². The van der Waals surface area contributed by atoms with Crippen LogP contribution in [0.15, 0.2) is 88.6 Å². The number of nitrogens with zero attached hydrogens (tertiary/aromatic N) is 1. The second-order valence-electron chi connectivity index (χ2n) is 5.34. The number of hydrazone groups is 1. The molecule has 0 spiro atoms. The third kappa shape index (κ3) is 5.82. The fourth-order valence-electron chi connectivity index (χ4n) is 2.10. The summed E-state index contributed by atoms with van der Waals surface area (Å²) >= 11 is 3.20. The summed E-state index contributed by atoms with van der Waals surface area (Å²) in [5, 5.41) is 4.29. The summed E-state index contributed by atoms with van der Waals surface area (Å²) in [6, 6.07) is 23.7. The molecule has 132 valence electrons. The first-order valence-corrected chi connectivity index (χ1v) is 10.0. The lowest BCUT2D eigenvalue weighted by Crippen LogP contribution is -2.17. The van der Waals surface area contributed by atoms with E-state index in [9.17, 15) is 4.79 Å². The van der Waals surface area contributed by atoms with Crippen molar-refractivity contribution in [1.82, 2.24) is 5.43 Å². The lowest BCUT2D eigenvalue weighted by atomic mass is 10.2. The molecule has 3 aromatic rings. The Morgan fingerprint density at radius 1 is 0.846 bits per heavy atom. The minimum absolute atomic E-state index is 0.245. The quantitative estimate of drug-likeness (QED) is 0.364. The van der Waals surface area contributed by atoms with E-state index in [2.05, 4.69) is 34.8 Å². The van der Waals surface area contributed by atoms with Crippen LogP contribution >= 0.6 is 23.5 Å². The molecule has 0 bridgehead atoms. The minimum atomic E-state index is -0.354. The highest BCUT2D eigenvalue weighted by Gasteiger charge is 2.09. The molecule has 1 amide bonds. The van der Waals surface area contributed by atoms with Gasteiger partial charge in [-0.25, -0.2) is 5.43 Å². The van der Waals surface area contributed by atoms with Crippen LogP contribution < -0.4 is 5.43 Å². The van der Waals surface area contributed by atoms with Gasteiger partial charge in [0.1, 0.15) is 0 Å². The molecule has 1 aromatic heterocycles. The SMILES string of the molecule is O=C(NN=C(SCc1ccccc1)SCc1ccccc1)c1ccco1. The van der Waals surface area contributed by atoms with Gasteiger partial charge in [-0.2, -0.15) is 5.10 Å². The first kappa shape index (κ1) is 18.4. The minimum Gasteiger partial charge on any atom is -0.459 e. The van der Waals surface area contributed by atoms with Crippen molar-refractivity contribution in [3.05, 3.63) is 95.9 Å². The number of carbonyl (C=O) groups is 1. The van der Waals surface area contributed by atoms with Gasteiger partial charge in [0, 0.05) is 11.5 Å². The van der Waals surface area contributed by atoms with E-state index in [1.165, 1.54) is 17.4 Å². The third-order valence-corrected chi connectivity index (χ3v) is 5.74. The molecule has 0 aliphatic heterocycles. The van der Waals surface area contributed by atoms with Crippen LogP contribution in [0.3, 0.4) is 0 Å². The number of hydrogen-bond donors (Lipinski definition) is 1. The standard InChI is InChI=1S/C20H18N2O2S2/c23-19(18-12-7-13-24-18)21-22-20(25-14-16-8-3-1-4-9-16)26-15-17-10-5-2-6-11-17/h1-13H,14-15H2,(H,21,23). The number of carbonyl (C=O) groups excluding carboxylic acids is 1. The average molecular weight is 383 g/mol. The van der Waals surface area contributed by atoms with Crippen molar-refractivity contribution in [1.29, 1.82) is 0 Å². The van der Waals surface area contributed by atoms with Gasteiger partial charge in [-0.3, -0.25) is 4.79 Å². The van der Waals surface area contributed by atoms with Crippen LogP contribution in [0.2, 0.25) is 0 Å². The molecule has 1 heterocycles. The highest BCUT2D eigenvalue weighted by Crippen LogP contribution is 2.24. The number of furan rings is 1. The third-order valence-electron chi connectivity index (χ3n) is 3.40. The number of thioether (sulfide) groups is 2. The van der Waals surface area contributed by atoms with Gasteiger partial charge in [-0.05, 0) is 23.3 Å². The summed E-state index contributed by atoms with van der Waals surface area (Å²) in [4.78, 5) is 12.0. The Bertz CT molecular complexity index is 789. The second-order valence-corrected chi connectivity index (χ2v) is 7.53. The number of hydrogen-bond acceptors (Lipinski definition) is 5. The highest BCUT2D eigenvalue weighted by atomic mass is 32.2. The zero-order chi connectivity index (χ0) is 18.0. The van der Waals surface area contributed by atoms with E-state index in [1.807, 2.05) is 36.4 Å². The summed E-state index contributed by atoms with van der Waals surface area (Å²) in [7, 11) is 0. The lowest BCUT2D eigenvalue weighted by molar-refractivity contribution is 0.0927. The monoisotopic (exact) mass is 382 g/mol. The first-order chi connectivity index (χ1) is 12.8. The van der Waals surface area contributed by atoms with Gasteiger partial charge in [0.2, 0.25) is 0 Å². The van der Waals surface area contributed by atoms with Gasteiger partial charge >= 0.3 is 5.91 Å². The molecule has 0 aliphatic rings. The molecule has 6 heteroatoms. The molecule has 2 aromatic carbocycles. The molecular weight excluding hydrogens is 364 g/mol. The summed E-state index contributed by atoms with van der Waals surface area (Å²) in [5.74, 6) is 1.47. The van der Waals surface area contributed by atoms with Gasteiger partial charge in [0.25, 0.3) is 0 Å². The molecule has 26 heavy (non-hydrogen) atoms. The van der Waals surface area contributed by atoms with E-state index in [4.69, 9.17) is 4.42 Å². The van der Waals surface area contributed by atoms with Crippen LogP contribution in [-0.4, -0.2) is 10.3 Å². The number of nitrogens with one attached hydrogen (secondary N) is 1. The smallest absolute Gasteiger partial charge is 0.307 e. The maximum atomic E-state index is 12.0. The topological polar surface area (TPSA) is 54.6 Å². The molecule has 3 rings (SSSR count). The second kappa shape index (κ2) is 9.89. The average Bonchev–Trinajstić information content (AvgIpc) is 3.24. The van der Waals surface area contributed by atoms with E-state index in [1.54, 1.807) is 35.7 Å². The molecule has 0 unspecified atom stereocenters. The van der Waals surface area contributed by atoms with Crippen LogP contribution in [0.4, 0.5) is 0 Å². The highest BCUT2D eigenvalue weighted by molar-refractivity contribution is 8.38. The van der Waals surface area contributed by atoms with Crippen LogP contribution in [0, 0.1) is 0 Å². The molecule has 0 radical (unpaired) electrons. The Hall–Kier alpha value is -2.44. The van der Waals surface area contributed by atoms with Gasteiger partial charge < -0.3 is 4.42 Å². The molecule has 1 N–H and O–H groups in total. The molecule has 0 atom stereocenters. The number of benzene rings is 2. The van der Waals surface area contributed by atoms with Crippen LogP contribution in [-0.2, 0) is 11.5 Å². The number of rotatable bonds is 6. The van der Waals surface area contributed by atoms with Crippen molar-refractivity contribution in [2.75, 3.05) is 0 Å². The molecular formula is C20H18N2O2S2. The summed E-state index contributed by atoms with van der Waals surface area (Å²) in [5.41, 5.74) is 4.99. The maximum absolute atomic E-state index is 12.0. The van der Waals surface area contributed by atoms with E-state index >= 15 is 0 Å². The van der Waals surface area contributed by atoms with E-state index < -0.39 is 0 Å². The van der Waals surface area contributed by atoms with Gasteiger partial charge in [0.05, 0.1) is 6.26 Å². The van der Waals surface area contributed by atoms with Crippen molar-refractivity contribution in [3.63, 3.8) is 0 Å². The first-order valence-electron chi connectivity index (χ1n) is 8.06. The number of amides is 1. The predicted molar refractivity (Wildman–Crippen MR) is 109 cm³/mol. The zero-order valence-corrected chi connectivity index (χ0v) is 15.6. The van der Waals surface area contributed by atoms with E-state index in [0.29, 0.717) is 0 Å². The van der Waals surface area contributed by atoms with Crippen molar-refractivity contribution in [2.45, 2.75) is 11.5 Å². The lowest BCUT2D eigenvalue weighted by Gasteiger charge is -2.07. The Labute approximate surface area is 161 Å². The molecule has 0 saturated carbocycles. The van der Waals surface area contributed by atoms with Crippen LogP contribution in [0.5, 0.6) is 0 Å². The Morgan fingerprint density at radius 3 is 1.92 bits per heavy atom. The van der Waals surface area contributed by atoms with Crippen molar-refractivity contribution < 1.29 is 9.21 Å². The Balaban J connectivity index is 1.63. The zero-order valence-electron chi connectivity index (χ0n) is 14.0. The van der Waals surface area contributed by atoms with E-state index in [-0.39, 0.29) is 11.7 Å². The van der Waals surface area contributed by atoms with Crippen molar-refractivity contribution in [3.8, 4) is 0 Å². The normalized spacial score (nSPS) is 10.3. The van der Waals surface area contributed by atoms with Crippen LogP contribution in [0.25, 0.3) is 0 Å². The molecule has 0 fully saturated rings. The summed E-state index contributed by atoms with van der Waals surface area (Å²) in [6.45, 7) is 0. The Morgan fingerprint density at radius 2 is 1.42 bits per heavy atom. The largest absolute Gasteiger partial charge is 0.459 e. The summed E-state index contributed by atoms with van der Waals surface area (Å²) < 4.78 is 5.89. The van der Waals surface area contributed by atoms with Gasteiger partial charge in [-0.1, -0.05) is 84.2 Å². The fourth-order valence-corrected chi connectivity index (χ4v) is 3.98. The molecule has 0 aliphatic carbocycles. The van der Waals surface area contributed by atoms with Gasteiger partial charge in [0.15, 0.2) is 10.1 Å². The predicted octanol–water partition coefficient (Wildman–Crippen LogP) is 5.15.